The Morgan fingerprint density at radius 1 is 1.15 bits per heavy atom. The van der Waals surface area contributed by atoms with Crippen LogP contribution in [0.2, 0.25) is 0 Å². The largest absolute Gasteiger partial charge is 0.373 e. The van der Waals surface area contributed by atoms with Crippen molar-refractivity contribution in [3.05, 3.63) is 22.9 Å². The van der Waals surface area contributed by atoms with Crippen molar-refractivity contribution in [1.29, 1.82) is 0 Å². The monoisotopic (exact) mass is 370 g/mol. The molecule has 3 heterocycles. The van der Waals surface area contributed by atoms with Crippen LogP contribution in [0.1, 0.15) is 48.1 Å². The van der Waals surface area contributed by atoms with Crippen LogP contribution in [0.4, 0.5) is 11.8 Å². The fourth-order valence-corrected chi connectivity index (χ4v) is 4.29. The van der Waals surface area contributed by atoms with Gasteiger partial charge in [-0.2, -0.15) is 4.98 Å². The minimum absolute atomic E-state index is 0.363. The van der Waals surface area contributed by atoms with Crippen LogP contribution in [-0.2, 0) is 26.4 Å². The maximum absolute atomic E-state index is 4.91. The van der Waals surface area contributed by atoms with Gasteiger partial charge < -0.3 is 19.7 Å². The molecule has 0 bridgehead atoms. The summed E-state index contributed by atoms with van der Waals surface area (Å²) in [6.45, 7) is 2.70. The Morgan fingerprint density at radius 3 is 2.78 bits per heavy atom. The van der Waals surface area contributed by atoms with Crippen molar-refractivity contribution in [3.8, 4) is 0 Å². The molecule has 8 nitrogen and oxygen atoms in total. The van der Waals surface area contributed by atoms with Crippen LogP contribution in [0.3, 0.4) is 0 Å². The van der Waals surface area contributed by atoms with Gasteiger partial charge in [0.25, 0.3) is 0 Å². The Kier molecular flexibility index (Phi) is 4.99. The van der Waals surface area contributed by atoms with Gasteiger partial charge in [-0.3, -0.25) is 0 Å². The van der Waals surface area contributed by atoms with Crippen molar-refractivity contribution in [1.82, 2.24) is 29.6 Å². The number of rotatable bonds is 5. The van der Waals surface area contributed by atoms with Crippen LogP contribution in [-0.4, -0.2) is 63.9 Å². The van der Waals surface area contributed by atoms with E-state index in [0.29, 0.717) is 5.92 Å². The predicted octanol–water partition coefficient (Wildman–Crippen LogP) is 1.58. The van der Waals surface area contributed by atoms with Gasteiger partial charge in [-0.05, 0) is 46.2 Å². The summed E-state index contributed by atoms with van der Waals surface area (Å²) in [6, 6.07) is 0. The van der Waals surface area contributed by atoms with Crippen LogP contribution in [0.5, 0.6) is 0 Å². The van der Waals surface area contributed by atoms with Gasteiger partial charge >= 0.3 is 0 Å². The van der Waals surface area contributed by atoms with Crippen molar-refractivity contribution in [2.24, 2.45) is 7.05 Å². The molecule has 2 aromatic heterocycles. The summed E-state index contributed by atoms with van der Waals surface area (Å²) in [5.41, 5.74) is 2.52. The smallest absolute Gasteiger partial charge is 0.227 e. The van der Waals surface area contributed by atoms with Gasteiger partial charge in [0.05, 0.1) is 12.2 Å². The zero-order valence-electron chi connectivity index (χ0n) is 16.9. The fourth-order valence-electron chi connectivity index (χ4n) is 4.29. The molecule has 1 aliphatic heterocycles. The summed E-state index contributed by atoms with van der Waals surface area (Å²) in [6.07, 6.45) is 5.58. The molecule has 8 heteroatoms. The number of nitrogens with one attached hydrogen (secondary N) is 1. The first-order chi connectivity index (χ1) is 13.1. The Bertz CT molecular complexity index is 812. The molecule has 4 rings (SSSR count). The van der Waals surface area contributed by atoms with Crippen molar-refractivity contribution in [3.63, 3.8) is 0 Å². The van der Waals surface area contributed by atoms with Gasteiger partial charge in [-0.1, -0.05) is 0 Å². The normalized spacial score (nSPS) is 19.6. The van der Waals surface area contributed by atoms with E-state index in [1.165, 1.54) is 17.7 Å². The third-order valence-electron chi connectivity index (χ3n) is 5.68. The van der Waals surface area contributed by atoms with E-state index in [-0.39, 0.29) is 0 Å². The summed E-state index contributed by atoms with van der Waals surface area (Å²) < 4.78 is 2.16. The summed E-state index contributed by atoms with van der Waals surface area (Å²) in [4.78, 5) is 14.2. The van der Waals surface area contributed by atoms with E-state index in [9.17, 15) is 0 Å². The number of piperidine rings is 1. The lowest BCUT2D eigenvalue weighted by atomic mass is 9.97. The third-order valence-corrected chi connectivity index (χ3v) is 5.68. The lowest BCUT2D eigenvalue weighted by Crippen LogP contribution is -2.36. The SMILES string of the molecule is CNc1nc(N2CCC[C@@H](c3nnc(CN(C)C)n3C)C2)nc2c1CCC2. The maximum Gasteiger partial charge on any atom is 0.227 e. The summed E-state index contributed by atoms with van der Waals surface area (Å²) in [7, 11) is 8.15. The zero-order valence-corrected chi connectivity index (χ0v) is 16.9. The number of hydrogen-bond acceptors (Lipinski definition) is 7. The Labute approximate surface area is 161 Å². The van der Waals surface area contributed by atoms with Crippen LogP contribution < -0.4 is 10.2 Å². The van der Waals surface area contributed by atoms with Crippen LogP contribution in [0, 0.1) is 0 Å². The van der Waals surface area contributed by atoms with Gasteiger partial charge in [0.1, 0.15) is 17.5 Å². The second-order valence-electron chi connectivity index (χ2n) is 7.96. The van der Waals surface area contributed by atoms with E-state index in [2.05, 4.69) is 51.0 Å². The average Bonchev–Trinajstić information content (AvgIpc) is 3.28. The van der Waals surface area contributed by atoms with Crippen LogP contribution in [0.25, 0.3) is 0 Å². The second kappa shape index (κ2) is 7.42. The minimum Gasteiger partial charge on any atom is -0.373 e. The number of anilines is 2. The molecule has 27 heavy (non-hydrogen) atoms. The molecule has 1 fully saturated rings. The first-order valence-electron chi connectivity index (χ1n) is 9.92. The van der Waals surface area contributed by atoms with E-state index in [1.807, 2.05) is 7.05 Å². The first kappa shape index (κ1) is 18.2. The predicted molar refractivity (Wildman–Crippen MR) is 106 cm³/mol. The van der Waals surface area contributed by atoms with Crippen molar-refractivity contribution < 1.29 is 0 Å². The average molecular weight is 371 g/mol. The molecule has 1 saturated heterocycles. The molecule has 1 N–H and O–H groups in total. The molecule has 2 aliphatic rings. The molecular weight excluding hydrogens is 340 g/mol. The van der Waals surface area contributed by atoms with Gasteiger partial charge in [-0.25, -0.2) is 4.98 Å². The quantitative estimate of drug-likeness (QED) is 0.856. The van der Waals surface area contributed by atoms with Crippen molar-refractivity contribution in [2.75, 3.05) is 44.4 Å². The highest BCUT2D eigenvalue weighted by Gasteiger charge is 2.29. The number of hydrogen-bond donors (Lipinski definition) is 1. The first-order valence-corrected chi connectivity index (χ1v) is 9.92. The second-order valence-corrected chi connectivity index (χ2v) is 7.96. The van der Waals surface area contributed by atoms with E-state index in [1.54, 1.807) is 0 Å². The number of nitrogens with zero attached hydrogens (tertiary/aromatic N) is 7. The number of aryl methyl sites for hydroxylation is 1. The van der Waals surface area contributed by atoms with E-state index in [0.717, 1.165) is 68.7 Å². The Balaban J connectivity index is 1.56. The van der Waals surface area contributed by atoms with Crippen molar-refractivity contribution in [2.45, 2.75) is 44.6 Å². The molecule has 0 spiro atoms. The van der Waals surface area contributed by atoms with E-state index < -0.39 is 0 Å². The maximum atomic E-state index is 4.91. The topological polar surface area (TPSA) is 75.0 Å². The van der Waals surface area contributed by atoms with E-state index >= 15 is 0 Å². The van der Waals surface area contributed by atoms with E-state index in [4.69, 9.17) is 9.97 Å². The molecule has 0 radical (unpaired) electrons. The van der Waals surface area contributed by atoms with Gasteiger partial charge in [0.2, 0.25) is 5.95 Å². The summed E-state index contributed by atoms with van der Waals surface area (Å²) >= 11 is 0. The molecule has 0 unspecified atom stereocenters. The highest BCUT2D eigenvalue weighted by Crippen LogP contribution is 2.32. The van der Waals surface area contributed by atoms with Crippen LogP contribution >= 0.6 is 0 Å². The van der Waals surface area contributed by atoms with Crippen LogP contribution in [0.15, 0.2) is 0 Å². The molecule has 0 aromatic carbocycles. The zero-order chi connectivity index (χ0) is 19.0. The molecule has 1 aliphatic carbocycles. The molecule has 0 amide bonds. The Morgan fingerprint density at radius 2 is 2.00 bits per heavy atom. The summed E-state index contributed by atoms with van der Waals surface area (Å²) in [5, 5.41) is 12.2. The molecule has 2 aromatic rings. The minimum atomic E-state index is 0.363. The van der Waals surface area contributed by atoms with Crippen molar-refractivity contribution >= 4 is 11.8 Å². The fraction of sp³-hybridized carbons (Fsp3) is 0.684. The highest BCUT2D eigenvalue weighted by atomic mass is 15.3. The molecule has 0 saturated carbocycles. The molecule has 146 valence electrons. The summed E-state index contributed by atoms with van der Waals surface area (Å²) in [5.74, 6) is 4.31. The van der Waals surface area contributed by atoms with Gasteiger partial charge in [-0.15, -0.1) is 10.2 Å². The number of aromatic nitrogens is 5. The lowest BCUT2D eigenvalue weighted by molar-refractivity contribution is 0.382. The van der Waals surface area contributed by atoms with Gasteiger partial charge in [0.15, 0.2) is 0 Å². The highest BCUT2D eigenvalue weighted by molar-refractivity contribution is 5.53. The number of fused-ring (bicyclic) bond motifs is 1. The Hall–Kier alpha value is -2.22. The van der Waals surface area contributed by atoms with Gasteiger partial charge in [0, 0.05) is 38.7 Å². The molecular formula is C19H30N8. The lowest BCUT2D eigenvalue weighted by Gasteiger charge is -2.32. The standard InChI is InChI=1S/C19H30N8/c1-20-17-14-8-5-9-15(14)21-19(22-17)27-10-6-7-13(11-27)18-24-23-16(26(18)4)12-25(2)3/h13H,5-12H2,1-4H3,(H,20,21,22)/t13-/m1/s1. The molecule has 1 atom stereocenters. The third kappa shape index (κ3) is 3.50.